The third-order valence-electron chi connectivity index (χ3n) is 6.32. The number of halogens is 2. The van der Waals surface area contributed by atoms with Crippen LogP contribution in [0.1, 0.15) is 63.1 Å². The zero-order valence-electron chi connectivity index (χ0n) is 18.3. The van der Waals surface area contributed by atoms with E-state index in [0.717, 1.165) is 11.1 Å². The van der Waals surface area contributed by atoms with E-state index in [1.54, 1.807) is 30.0 Å². The van der Waals surface area contributed by atoms with Crippen LogP contribution in [0.2, 0.25) is 10.0 Å². The lowest BCUT2D eigenvalue weighted by atomic mass is 9.67. The van der Waals surface area contributed by atoms with Gasteiger partial charge >= 0.3 is 5.97 Å². The molecule has 5 nitrogen and oxygen atoms in total. The molecule has 4 atom stereocenters. The van der Waals surface area contributed by atoms with Crippen LogP contribution < -0.4 is 0 Å². The number of carbonyl (C=O) groups is 3. The smallest absolute Gasteiger partial charge is 0.304 e. The van der Waals surface area contributed by atoms with E-state index in [1.807, 2.05) is 37.3 Å². The molecule has 1 unspecified atom stereocenters. The van der Waals surface area contributed by atoms with Gasteiger partial charge in [-0.2, -0.15) is 0 Å². The van der Waals surface area contributed by atoms with Crippen molar-refractivity contribution in [2.45, 2.75) is 58.0 Å². The Balaban J connectivity index is 2.26. The molecule has 0 bridgehead atoms. The number of Topliss-reactive ketones (excluding diaryl/α,β-unsaturated/α-hetero) is 1. The number of benzene rings is 2. The van der Waals surface area contributed by atoms with Gasteiger partial charge in [-0.05, 0) is 55.2 Å². The molecule has 0 saturated carbocycles. The second kappa shape index (κ2) is 9.63. The van der Waals surface area contributed by atoms with Gasteiger partial charge in [-0.3, -0.25) is 14.4 Å². The molecule has 7 heteroatoms. The summed E-state index contributed by atoms with van der Waals surface area (Å²) in [6.07, 6.45) is 0.425. The lowest BCUT2D eigenvalue weighted by molar-refractivity contribution is -0.162. The Bertz CT molecular complexity index is 1020. The maximum atomic E-state index is 13.8. The number of ketones is 1. The highest BCUT2D eigenvalue weighted by Crippen LogP contribution is 2.52. The Labute approximate surface area is 198 Å². The van der Waals surface area contributed by atoms with E-state index in [1.165, 1.54) is 6.92 Å². The molecule has 0 radical (unpaired) electrons. The summed E-state index contributed by atoms with van der Waals surface area (Å²) < 4.78 is 0. The monoisotopic (exact) mass is 475 g/mol. The molecular weight excluding hydrogens is 449 g/mol. The van der Waals surface area contributed by atoms with Gasteiger partial charge in [0.15, 0.2) is 5.78 Å². The van der Waals surface area contributed by atoms with Gasteiger partial charge in [0, 0.05) is 16.0 Å². The van der Waals surface area contributed by atoms with Gasteiger partial charge in [0.1, 0.15) is 0 Å². The maximum Gasteiger partial charge on any atom is 0.304 e. The van der Waals surface area contributed by atoms with E-state index in [-0.39, 0.29) is 24.0 Å². The van der Waals surface area contributed by atoms with E-state index in [2.05, 4.69) is 0 Å². The topological polar surface area (TPSA) is 74.7 Å². The zero-order valence-corrected chi connectivity index (χ0v) is 19.9. The van der Waals surface area contributed by atoms with Crippen LogP contribution in [0, 0.1) is 5.41 Å². The average Bonchev–Trinajstić information content (AvgIpc) is 2.71. The molecule has 0 spiro atoms. The van der Waals surface area contributed by atoms with Crippen molar-refractivity contribution < 1.29 is 19.5 Å². The summed E-state index contributed by atoms with van der Waals surface area (Å²) >= 11 is 12.4. The first kappa shape index (κ1) is 24.3. The molecule has 170 valence electrons. The standard InChI is InChI=1S/C25H27Cl2NO4/c1-4-21(15(2)29)28-23(16-8-10-18(26)11-9-16)20(17-6-5-7-19(27)12-17)13-25(3,24(28)32)14-22(30)31/h5-12,20-21,23H,4,13-14H2,1-3H3,(H,30,31)/t20?,21-,23+,25+/m0/s1. The third-order valence-corrected chi connectivity index (χ3v) is 6.81. The fourth-order valence-corrected chi connectivity index (χ4v) is 5.23. The van der Waals surface area contributed by atoms with Crippen LogP contribution >= 0.6 is 23.2 Å². The predicted octanol–water partition coefficient (Wildman–Crippen LogP) is 5.90. The van der Waals surface area contributed by atoms with Crippen LogP contribution in [0.3, 0.4) is 0 Å². The first-order chi connectivity index (χ1) is 15.1. The number of nitrogens with zero attached hydrogens (tertiary/aromatic N) is 1. The largest absolute Gasteiger partial charge is 0.481 e. The fourth-order valence-electron chi connectivity index (χ4n) is 4.90. The molecule has 1 aliphatic heterocycles. The van der Waals surface area contributed by atoms with Crippen LogP contribution in [0.4, 0.5) is 0 Å². The van der Waals surface area contributed by atoms with Gasteiger partial charge in [0.2, 0.25) is 5.91 Å². The van der Waals surface area contributed by atoms with E-state index in [0.29, 0.717) is 22.9 Å². The van der Waals surface area contributed by atoms with E-state index < -0.39 is 23.5 Å². The highest BCUT2D eigenvalue weighted by Gasteiger charge is 2.52. The number of hydrogen-bond acceptors (Lipinski definition) is 3. The highest BCUT2D eigenvalue weighted by molar-refractivity contribution is 6.30. The quantitative estimate of drug-likeness (QED) is 0.540. The maximum absolute atomic E-state index is 13.8. The normalized spacial score (nSPS) is 24.3. The van der Waals surface area contributed by atoms with Crippen molar-refractivity contribution >= 4 is 40.9 Å². The Hall–Kier alpha value is -2.37. The Kier molecular flexibility index (Phi) is 7.31. The summed E-state index contributed by atoms with van der Waals surface area (Å²) in [5.41, 5.74) is 0.569. The molecule has 32 heavy (non-hydrogen) atoms. The van der Waals surface area contributed by atoms with Gasteiger partial charge in [0.25, 0.3) is 0 Å². The number of aliphatic carboxylic acids is 1. The van der Waals surface area contributed by atoms with Crippen LogP contribution in [-0.2, 0) is 14.4 Å². The number of rotatable bonds is 7. The van der Waals surface area contributed by atoms with E-state index in [9.17, 15) is 19.5 Å². The molecule has 2 aromatic carbocycles. The number of carboxylic acids is 1. The molecule has 3 rings (SSSR count). The average molecular weight is 476 g/mol. The van der Waals surface area contributed by atoms with Crippen LogP contribution in [0.25, 0.3) is 0 Å². The fraction of sp³-hybridized carbons (Fsp3) is 0.400. The SMILES string of the molecule is CC[C@@H](C(C)=O)N1C(=O)[C@@](C)(CC(=O)O)CC(c2cccc(Cl)c2)[C@H]1c1ccc(Cl)cc1. The summed E-state index contributed by atoms with van der Waals surface area (Å²) in [6.45, 7) is 5.01. The molecule has 1 saturated heterocycles. The van der Waals surface area contributed by atoms with Gasteiger partial charge in [-0.15, -0.1) is 0 Å². The molecule has 2 aromatic rings. The molecule has 1 aliphatic rings. The van der Waals surface area contributed by atoms with Crippen molar-refractivity contribution in [2.24, 2.45) is 5.41 Å². The number of likely N-dealkylation sites (tertiary alicyclic amines) is 1. The number of hydrogen-bond donors (Lipinski definition) is 1. The van der Waals surface area contributed by atoms with Crippen molar-refractivity contribution in [3.05, 3.63) is 69.7 Å². The summed E-state index contributed by atoms with van der Waals surface area (Å²) in [5.74, 6) is -1.76. The second-order valence-electron chi connectivity index (χ2n) is 8.74. The van der Waals surface area contributed by atoms with Crippen molar-refractivity contribution in [3.8, 4) is 0 Å². The minimum Gasteiger partial charge on any atom is -0.481 e. The Morgan fingerprint density at radius 3 is 2.31 bits per heavy atom. The van der Waals surface area contributed by atoms with E-state index >= 15 is 0 Å². The molecule has 0 aliphatic carbocycles. The van der Waals surface area contributed by atoms with Crippen molar-refractivity contribution in [3.63, 3.8) is 0 Å². The predicted molar refractivity (Wildman–Crippen MR) is 125 cm³/mol. The first-order valence-electron chi connectivity index (χ1n) is 10.6. The minimum absolute atomic E-state index is 0.135. The third kappa shape index (κ3) is 4.84. The summed E-state index contributed by atoms with van der Waals surface area (Å²) in [5, 5.41) is 10.7. The molecule has 1 heterocycles. The number of carboxylic acid groups (broad SMARTS) is 1. The lowest BCUT2D eigenvalue weighted by Gasteiger charge is -2.51. The first-order valence-corrected chi connectivity index (χ1v) is 11.4. The Morgan fingerprint density at radius 2 is 1.78 bits per heavy atom. The second-order valence-corrected chi connectivity index (χ2v) is 9.61. The van der Waals surface area contributed by atoms with Crippen molar-refractivity contribution in [1.82, 2.24) is 4.90 Å². The highest BCUT2D eigenvalue weighted by atomic mass is 35.5. The van der Waals surface area contributed by atoms with Gasteiger partial charge in [0.05, 0.1) is 23.9 Å². The van der Waals surface area contributed by atoms with Gasteiger partial charge < -0.3 is 10.0 Å². The van der Waals surface area contributed by atoms with Gasteiger partial charge in [-0.1, -0.05) is 61.3 Å². The summed E-state index contributed by atoms with van der Waals surface area (Å²) in [4.78, 5) is 39.8. The zero-order chi connectivity index (χ0) is 23.6. The van der Waals surface area contributed by atoms with Crippen molar-refractivity contribution in [1.29, 1.82) is 0 Å². The van der Waals surface area contributed by atoms with Crippen LogP contribution in [0.5, 0.6) is 0 Å². The minimum atomic E-state index is -1.16. The van der Waals surface area contributed by atoms with Crippen LogP contribution in [0.15, 0.2) is 48.5 Å². The number of carbonyl (C=O) groups excluding carboxylic acids is 2. The molecule has 1 fully saturated rings. The number of amides is 1. The Morgan fingerprint density at radius 1 is 1.12 bits per heavy atom. The molecule has 1 amide bonds. The van der Waals surface area contributed by atoms with Crippen LogP contribution in [-0.4, -0.2) is 33.7 Å². The molecular formula is C25H27Cl2NO4. The summed E-state index contributed by atoms with van der Waals surface area (Å²) in [6, 6.07) is 13.5. The van der Waals surface area contributed by atoms with E-state index in [4.69, 9.17) is 23.2 Å². The lowest BCUT2D eigenvalue weighted by Crippen LogP contribution is -2.57. The molecule has 0 aromatic heterocycles. The number of piperidine rings is 1. The summed E-state index contributed by atoms with van der Waals surface area (Å²) in [7, 11) is 0. The van der Waals surface area contributed by atoms with Gasteiger partial charge in [-0.25, -0.2) is 0 Å². The van der Waals surface area contributed by atoms with Crippen molar-refractivity contribution in [2.75, 3.05) is 0 Å². The molecule has 1 N–H and O–H groups in total.